The number of aromatic nitrogens is 1. The van der Waals surface area contributed by atoms with Gasteiger partial charge >= 0.3 is 0 Å². The largest absolute Gasteiger partial charge is 0.375 e. The Kier molecular flexibility index (Phi) is 8.79. The Morgan fingerprint density at radius 1 is 1.55 bits per heavy atom. The van der Waals surface area contributed by atoms with Gasteiger partial charge in [0.05, 0.1) is 0 Å². The first-order chi connectivity index (χ1) is 4.33. The van der Waals surface area contributed by atoms with Crippen LogP contribution in [0.4, 0.5) is 5.13 Å². The van der Waals surface area contributed by atoms with E-state index in [0.717, 1.165) is 11.3 Å². The lowest BCUT2D eigenvalue weighted by Gasteiger charge is -1.83. The molecule has 11 heavy (non-hydrogen) atoms. The van der Waals surface area contributed by atoms with Crippen molar-refractivity contribution < 1.29 is 0 Å². The molecule has 1 heterocycles. The van der Waals surface area contributed by atoms with E-state index in [-0.39, 0.29) is 24.8 Å². The van der Waals surface area contributed by atoms with Crippen LogP contribution in [0.5, 0.6) is 0 Å². The Morgan fingerprint density at radius 2 is 2.18 bits per heavy atom. The van der Waals surface area contributed by atoms with Crippen LogP contribution in [-0.4, -0.2) is 10.9 Å². The molecule has 0 fully saturated rings. The summed E-state index contributed by atoms with van der Waals surface area (Å²) in [4.78, 5) is 5.03. The van der Waals surface area contributed by atoms with Gasteiger partial charge in [0.2, 0.25) is 0 Å². The van der Waals surface area contributed by atoms with E-state index < -0.39 is 0 Å². The van der Waals surface area contributed by atoms with Crippen LogP contribution in [0, 0.1) is 0 Å². The van der Waals surface area contributed by atoms with E-state index in [1.165, 1.54) is 11.3 Å². The second-order valence-corrected chi connectivity index (χ2v) is 3.13. The summed E-state index contributed by atoms with van der Waals surface area (Å²) in [5, 5.41) is 0.620. The number of nitrogens with two attached hydrogens (primary N) is 1. The molecule has 6 heteroatoms. The second-order valence-electron chi connectivity index (χ2n) is 1.60. The lowest BCUT2D eigenvalue weighted by atomic mass is 10.4. The van der Waals surface area contributed by atoms with Crippen molar-refractivity contribution in [3.05, 3.63) is 11.1 Å². The minimum atomic E-state index is 0. The molecule has 1 aromatic rings. The summed E-state index contributed by atoms with van der Waals surface area (Å²) in [5.41, 5.74) is 5.37. The summed E-state index contributed by atoms with van der Waals surface area (Å²) in [6.07, 6.45) is 2.64. The first-order valence-electron chi connectivity index (χ1n) is 2.59. The molecule has 0 aliphatic heterocycles. The average molecular weight is 236 g/mol. The number of hydrogen-bond acceptors (Lipinski definition) is 3. The number of nitrogen functional groups attached to an aromatic ring is 1. The lowest BCUT2D eigenvalue weighted by molar-refractivity contribution is 1.18. The third kappa shape index (κ3) is 4.69. The Balaban J connectivity index is 0. The van der Waals surface area contributed by atoms with E-state index in [4.69, 9.17) is 17.3 Å². The summed E-state index contributed by atoms with van der Waals surface area (Å²) in [7, 11) is 0. The van der Waals surface area contributed by atoms with Crippen molar-refractivity contribution in [2.45, 2.75) is 6.42 Å². The smallest absolute Gasteiger partial charge is 0.180 e. The van der Waals surface area contributed by atoms with E-state index in [0.29, 0.717) is 11.0 Å². The molecule has 0 unspecified atom stereocenters. The van der Waals surface area contributed by atoms with Crippen LogP contribution >= 0.6 is 47.8 Å². The van der Waals surface area contributed by atoms with Crippen molar-refractivity contribution >= 4 is 52.9 Å². The van der Waals surface area contributed by atoms with Crippen molar-refractivity contribution in [1.82, 2.24) is 4.98 Å². The van der Waals surface area contributed by atoms with Gasteiger partial charge in [-0.15, -0.1) is 47.8 Å². The molecule has 0 aliphatic carbocycles. The van der Waals surface area contributed by atoms with Crippen molar-refractivity contribution in [3.63, 3.8) is 0 Å². The molecule has 2 nitrogen and oxygen atoms in total. The van der Waals surface area contributed by atoms with Crippen LogP contribution < -0.4 is 5.73 Å². The highest BCUT2D eigenvalue weighted by molar-refractivity contribution is 7.15. The summed E-state index contributed by atoms with van der Waals surface area (Å²) >= 11 is 6.98. The number of anilines is 1. The second kappa shape index (κ2) is 6.98. The SMILES string of the molecule is Cl.Cl.Nc1ncc(CCCl)s1. The van der Waals surface area contributed by atoms with Gasteiger partial charge in [0, 0.05) is 17.0 Å². The maximum Gasteiger partial charge on any atom is 0.180 e. The van der Waals surface area contributed by atoms with Crippen molar-refractivity contribution in [3.8, 4) is 0 Å². The van der Waals surface area contributed by atoms with Gasteiger partial charge in [-0.05, 0) is 6.42 Å². The van der Waals surface area contributed by atoms with Gasteiger partial charge in [-0.1, -0.05) is 0 Å². The molecule has 0 saturated heterocycles. The van der Waals surface area contributed by atoms with Crippen LogP contribution in [0.1, 0.15) is 4.88 Å². The molecule has 0 aliphatic rings. The zero-order chi connectivity index (χ0) is 6.69. The third-order valence-corrected chi connectivity index (χ3v) is 1.99. The Hall–Kier alpha value is 0.300. The fourth-order valence-corrected chi connectivity index (χ4v) is 1.53. The number of nitrogens with zero attached hydrogens (tertiary/aromatic N) is 1. The predicted molar refractivity (Wildman–Crippen MR) is 55.4 cm³/mol. The molecule has 0 saturated carbocycles. The Labute approximate surface area is 87.0 Å². The van der Waals surface area contributed by atoms with Gasteiger partial charge < -0.3 is 5.73 Å². The molecule has 2 N–H and O–H groups in total. The summed E-state index contributed by atoms with van der Waals surface area (Å²) < 4.78 is 0. The molecule has 0 radical (unpaired) electrons. The highest BCUT2D eigenvalue weighted by Gasteiger charge is 1.95. The highest BCUT2D eigenvalue weighted by Crippen LogP contribution is 2.14. The molecule has 0 amide bonds. The molecular formula is C5H9Cl3N2S. The van der Waals surface area contributed by atoms with Gasteiger partial charge in [0.25, 0.3) is 0 Å². The van der Waals surface area contributed by atoms with E-state index in [1.807, 2.05) is 0 Å². The third-order valence-electron chi connectivity index (χ3n) is 0.912. The van der Waals surface area contributed by atoms with Gasteiger partial charge in [-0.2, -0.15) is 0 Å². The van der Waals surface area contributed by atoms with E-state index in [9.17, 15) is 0 Å². The van der Waals surface area contributed by atoms with Gasteiger partial charge in [0.1, 0.15) is 0 Å². The van der Waals surface area contributed by atoms with Crippen LogP contribution in [0.15, 0.2) is 6.20 Å². The molecule has 0 spiro atoms. The molecule has 0 bridgehead atoms. The zero-order valence-electron chi connectivity index (χ0n) is 5.62. The highest BCUT2D eigenvalue weighted by atomic mass is 35.5. The van der Waals surface area contributed by atoms with Crippen LogP contribution in [0.25, 0.3) is 0 Å². The van der Waals surface area contributed by atoms with E-state index in [2.05, 4.69) is 4.98 Å². The van der Waals surface area contributed by atoms with E-state index >= 15 is 0 Å². The molecule has 1 aromatic heterocycles. The average Bonchev–Trinajstić information content (AvgIpc) is 2.17. The lowest BCUT2D eigenvalue weighted by Crippen LogP contribution is -1.77. The monoisotopic (exact) mass is 234 g/mol. The number of hydrogen-bond donors (Lipinski definition) is 1. The molecule has 66 valence electrons. The number of thiazole rings is 1. The Morgan fingerprint density at radius 3 is 2.55 bits per heavy atom. The summed E-state index contributed by atoms with van der Waals surface area (Å²) in [6.45, 7) is 0. The number of aryl methyl sites for hydroxylation is 1. The zero-order valence-corrected chi connectivity index (χ0v) is 8.82. The topological polar surface area (TPSA) is 38.9 Å². The minimum absolute atomic E-state index is 0. The van der Waals surface area contributed by atoms with Gasteiger partial charge in [-0.25, -0.2) is 4.98 Å². The van der Waals surface area contributed by atoms with Crippen molar-refractivity contribution in [1.29, 1.82) is 0 Å². The standard InChI is InChI=1S/C5H7ClN2S.2ClH/c6-2-1-4-3-8-5(7)9-4;;/h3H,1-2H2,(H2,7,8);2*1H. The molecule has 0 atom stereocenters. The number of halogens is 3. The summed E-state index contributed by atoms with van der Waals surface area (Å²) in [6, 6.07) is 0. The quantitative estimate of drug-likeness (QED) is 0.799. The normalized spacial score (nSPS) is 8.09. The van der Waals surface area contributed by atoms with Crippen molar-refractivity contribution in [2.24, 2.45) is 0 Å². The first kappa shape index (κ1) is 13.9. The molecule has 0 aromatic carbocycles. The van der Waals surface area contributed by atoms with Crippen molar-refractivity contribution in [2.75, 3.05) is 11.6 Å². The predicted octanol–water partition coefficient (Wildman–Crippen LogP) is 2.35. The van der Waals surface area contributed by atoms with E-state index in [1.54, 1.807) is 6.20 Å². The minimum Gasteiger partial charge on any atom is -0.375 e. The molecule has 1 rings (SSSR count). The maximum atomic E-state index is 5.48. The Bertz CT molecular complexity index is 192. The van der Waals surface area contributed by atoms with Crippen LogP contribution in [-0.2, 0) is 6.42 Å². The number of alkyl halides is 1. The van der Waals surface area contributed by atoms with Crippen LogP contribution in [0.3, 0.4) is 0 Å². The van der Waals surface area contributed by atoms with Gasteiger partial charge in [0.15, 0.2) is 5.13 Å². The number of rotatable bonds is 2. The summed E-state index contributed by atoms with van der Waals surface area (Å²) in [5.74, 6) is 0.641. The molecular weight excluding hydrogens is 226 g/mol. The fourth-order valence-electron chi connectivity index (χ4n) is 0.531. The van der Waals surface area contributed by atoms with Gasteiger partial charge in [-0.3, -0.25) is 0 Å². The first-order valence-corrected chi connectivity index (χ1v) is 3.94. The fraction of sp³-hybridized carbons (Fsp3) is 0.400. The maximum absolute atomic E-state index is 5.48. The van der Waals surface area contributed by atoms with Crippen LogP contribution in [0.2, 0.25) is 0 Å².